The van der Waals surface area contributed by atoms with Gasteiger partial charge in [0.1, 0.15) is 0 Å². The number of rotatable bonds is 5. The van der Waals surface area contributed by atoms with E-state index >= 15 is 0 Å². The summed E-state index contributed by atoms with van der Waals surface area (Å²) >= 11 is 0. The van der Waals surface area contributed by atoms with E-state index in [1.54, 1.807) is 12.1 Å². The molecule has 192 valence electrons. The normalized spacial score (nSPS) is 13.3. The van der Waals surface area contributed by atoms with Gasteiger partial charge >= 0.3 is 6.18 Å². The number of alkyl halides is 3. The van der Waals surface area contributed by atoms with Gasteiger partial charge in [0.25, 0.3) is 5.91 Å². The summed E-state index contributed by atoms with van der Waals surface area (Å²) in [7, 11) is 2.14. The standard InChI is InChI=1S/C16H13F3N2O2.C10H12N4/c17-16(18,19)14-7-2-1-4-12(14)9-20-15(23)11-5-3-6-13(8-11)21-10-22;1-14-3-2-8-7(6-14)4-11-10-9(8)5-12-13-10/h1-8,10H,9H2,(H,20,23)(H,21,22);4-5H,2-3,6H2,1H3,(H,11,12,13). The lowest BCUT2D eigenvalue weighted by Gasteiger charge is -2.24. The summed E-state index contributed by atoms with van der Waals surface area (Å²) in [6, 6.07) is 11.1. The molecular formula is C26H25F3N6O2. The Labute approximate surface area is 210 Å². The summed E-state index contributed by atoms with van der Waals surface area (Å²) in [4.78, 5) is 29.1. The summed E-state index contributed by atoms with van der Waals surface area (Å²) in [6.45, 7) is 1.88. The monoisotopic (exact) mass is 510 g/mol. The number of H-pyrrole nitrogens is 1. The third-order valence-corrected chi connectivity index (χ3v) is 5.98. The number of amides is 2. The summed E-state index contributed by atoms with van der Waals surface area (Å²) in [5.74, 6) is -0.531. The van der Waals surface area contributed by atoms with E-state index in [0.29, 0.717) is 12.1 Å². The molecule has 2 aromatic heterocycles. The zero-order chi connectivity index (χ0) is 26.4. The van der Waals surface area contributed by atoms with Gasteiger partial charge < -0.3 is 15.5 Å². The lowest BCUT2D eigenvalue weighted by Crippen LogP contribution is -2.26. The van der Waals surface area contributed by atoms with Crippen LogP contribution in [-0.4, -0.2) is 46.0 Å². The smallest absolute Gasteiger partial charge is 0.348 e. The number of likely N-dealkylation sites (N-methyl/N-ethyl adjacent to an activating group) is 1. The van der Waals surface area contributed by atoms with Gasteiger partial charge in [-0.2, -0.15) is 18.3 Å². The van der Waals surface area contributed by atoms with Gasteiger partial charge in [0.2, 0.25) is 6.41 Å². The number of carbonyl (C=O) groups excluding carboxylic acids is 2. The average Bonchev–Trinajstić information content (AvgIpc) is 3.37. The maximum absolute atomic E-state index is 12.9. The predicted octanol–water partition coefficient (Wildman–Crippen LogP) is 4.15. The molecule has 11 heteroatoms. The predicted molar refractivity (Wildman–Crippen MR) is 133 cm³/mol. The van der Waals surface area contributed by atoms with Crippen LogP contribution in [0.5, 0.6) is 0 Å². The number of nitrogens with zero attached hydrogens (tertiary/aromatic N) is 3. The first-order valence-corrected chi connectivity index (χ1v) is 11.5. The number of pyridine rings is 1. The van der Waals surface area contributed by atoms with E-state index in [1.807, 2.05) is 12.4 Å². The van der Waals surface area contributed by atoms with Crippen LogP contribution in [-0.2, 0) is 30.5 Å². The van der Waals surface area contributed by atoms with Crippen LogP contribution in [0.3, 0.4) is 0 Å². The van der Waals surface area contributed by atoms with Crippen molar-refractivity contribution in [2.24, 2.45) is 0 Å². The maximum atomic E-state index is 12.9. The van der Waals surface area contributed by atoms with Crippen molar-refractivity contribution in [1.29, 1.82) is 0 Å². The van der Waals surface area contributed by atoms with Crippen LogP contribution in [0.25, 0.3) is 11.0 Å². The molecule has 1 aliphatic rings. The molecule has 2 aromatic carbocycles. The quantitative estimate of drug-likeness (QED) is 0.350. The Bertz CT molecular complexity index is 1400. The highest BCUT2D eigenvalue weighted by molar-refractivity contribution is 5.95. The van der Waals surface area contributed by atoms with Crippen LogP contribution < -0.4 is 10.6 Å². The molecule has 0 radical (unpaired) electrons. The second-order valence-electron chi connectivity index (χ2n) is 8.56. The van der Waals surface area contributed by atoms with Gasteiger partial charge in [-0.1, -0.05) is 24.3 Å². The minimum Gasteiger partial charge on any atom is -0.348 e. The molecule has 0 unspecified atom stereocenters. The van der Waals surface area contributed by atoms with Gasteiger partial charge in [-0.3, -0.25) is 14.7 Å². The second kappa shape index (κ2) is 11.2. The number of anilines is 1. The molecule has 0 atom stereocenters. The Morgan fingerprint density at radius 1 is 1.16 bits per heavy atom. The minimum atomic E-state index is -4.48. The number of hydrogen-bond acceptors (Lipinski definition) is 5. The molecule has 0 aliphatic carbocycles. The molecule has 2 amide bonds. The fraction of sp³-hybridized carbons (Fsp3) is 0.231. The van der Waals surface area contributed by atoms with Crippen molar-refractivity contribution < 1.29 is 22.8 Å². The lowest BCUT2D eigenvalue weighted by atomic mass is 10.00. The Kier molecular flexibility index (Phi) is 7.83. The van der Waals surface area contributed by atoms with E-state index in [2.05, 4.69) is 37.8 Å². The SMILES string of the molecule is CN1CCc2c(cnc3[nH]ncc23)C1.O=CNc1cccc(C(=O)NCc2ccccc2C(F)(F)F)c1. The van der Waals surface area contributed by atoms with Crippen LogP contribution >= 0.6 is 0 Å². The van der Waals surface area contributed by atoms with Crippen LogP contribution in [0.15, 0.2) is 60.9 Å². The van der Waals surface area contributed by atoms with Crippen molar-refractivity contribution in [3.8, 4) is 0 Å². The largest absolute Gasteiger partial charge is 0.416 e. The summed E-state index contributed by atoms with van der Waals surface area (Å²) in [5.41, 5.74) is 3.53. The molecule has 3 N–H and O–H groups in total. The number of hydrogen-bond donors (Lipinski definition) is 3. The number of carbonyl (C=O) groups is 2. The highest BCUT2D eigenvalue weighted by Crippen LogP contribution is 2.31. The van der Waals surface area contributed by atoms with Crippen molar-refractivity contribution in [3.63, 3.8) is 0 Å². The molecule has 0 bridgehead atoms. The fourth-order valence-electron chi connectivity index (χ4n) is 4.14. The lowest BCUT2D eigenvalue weighted by molar-refractivity contribution is -0.138. The molecule has 0 spiro atoms. The Balaban J connectivity index is 0.000000193. The molecule has 4 aromatic rings. The first-order valence-electron chi connectivity index (χ1n) is 11.5. The molecule has 8 nitrogen and oxygen atoms in total. The molecular weight excluding hydrogens is 485 g/mol. The number of aromatic nitrogens is 3. The van der Waals surface area contributed by atoms with Gasteiger partial charge in [0.15, 0.2) is 5.65 Å². The van der Waals surface area contributed by atoms with Gasteiger partial charge in [0, 0.05) is 42.5 Å². The number of benzene rings is 2. The third-order valence-electron chi connectivity index (χ3n) is 5.98. The van der Waals surface area contributed by atoms with E-state index in [4.69, 9.17) is 0 Å². The molecule has 37 heavy (non-hydrogen) atoms. The summed E-state index contributed by atoms with van der Waals surface area (Å²) < 4.78 is 38.6. The molecule has 0 saturated heterocycles. The zero-order valence-electron chi connectivity index (χ0n) is 20.0. The highest BCUT2D eigenvalue weighted by Gasteiger charge is 2.32. The summed E-state index contributed by atoms with van der Waals surface area (Å²) in [6.07, 6.45) is 0.939. The zero-order valence-corrected chi connectivity index (χ0v) is 20.0. The number of nitrogens with one attached hydrogen (secondary N) is 3. The van der Waals surface area contributed by atoms with E-state index < -0.39 is 17.6 Å². The molecule has 0 fully saturated rings. The average molecular weight is 511 g/mol. The minimum absolute atomic E-state index is 0.0180. The van der Waals surface area contributed by atoms with Gasteiger partial charge in [-0.05, 0) is 54.4 Å². The Hall–Kier alpha value is -4.25. The Morgan fingerprint density at radius 3 is 2.76 bits per heavy atom. The molecule has 3 heterocycles. The highest BCUT2D eigenvalue weighted by atomic mass is 19.4. The second-order valence-corrected chi connectivity index (χ2v) is 8.56. The first-order chi connectivity index (χ1) is 17.8. The molecule has 0 saturated carbocycles. The van der Waals surface area contributed by atoms with Crippen LogP contribution in [0, 0.1) is 0 Å². The van der Waals surface area contributed by atoms with Crippen molar-refractivity contribution >= 4 is 29.0 Å². The van der Waals surface area contributed by atoms with E-state index in [1.165, 1.54) is 46.8 Å². The summed E-state index contributed by atoms with van der Waals surface area (Å²) in [5, 5.41) is 13.0. The van der Waals surface area contributed by atoms with Crippen molar-refractivity contribution in [3.05, 3.63) is 88.7 Å². The van der Waals surface area contributed by atoms with Gasteiger partial charge in [-0.15, -0.1) is 0 Å². The molecule has 5 rings (SSSR count). The van der Waals surface area contributed by atoms with Gasteiger partial charge in [0.05, 0.1) is 11.8 Å². The van der Waals surface area contributed by atoms with Crippen molar-refractivity contribution in [1.82, 2.24) is 25.4 Å². The van der Waals surface area contributed by atoms with E-state index in [9.17, 15) is 22.8 Å². The first kappa shape index (κ1) is 25.8. The number of fused-ring (bicyclic) bond motifs is 3. The maximum Gasteiger partial charge on any atom is 0.416 e. The van der Waals surface area contributed by atoms with Crippen molar-refractivity contribution in [2.75, 3.05) is 18.9 Å². The Morgan fingerprint density at radius 2 is 1.97 bits per heavy atom. The van der Waals surface area contributed by atoms with E-state index in [0.717, 1.165) is 31.2 Å². The number of halogens is 3. The molecule has 1 aliphatic heterocycles. The van der Waals surface area contributed by atoms with Crippen LogP contribution in [0.2, 0.25) is 0 Å². The van der Waals surface area contributed by atoms with Crippen LogP contribution in [0.1, 0.15) is 32.6 Å². The number of aromatic amines is 1. The van der Waals surface area contributed by atoms with Crippen LogP contribution in [0.4, 0.5) is 18.9 Å². The van der Waals surface area contributed by atoms with Crippen molar-refractivity contribution in [2.45, 2.75) is 25.7 Å². The van der Waals surface area contributed by atoms with Gasteiger partial charge in [-0.25, -0.2) is 4.98 Å². The topological polar surface area (TPSA) is 103 Å². The van der Waals surface area contributed by atoms with E-state index in [-0.39, 0.29) is 17.7 Å². The fourth-order valence-corrected chi connectivity index (χ4v) is 4.14. The third kappa shape index (κ3) is 6.31.